The van der Waals surface area contributed by atoms with Crippen LogP contribution in [0.5, 0.6) is 11.5 Å². The highest BCUT2D eigenvalue weighted by atomic mass is 16.5. The van der Waals surface area contributed by atoms with Crippen LogP contribution in [0.3, 0.4) is 0 Å². The highest BCUT2D eigenvalue weighted by Crippen LogP contribution is 2.40. The Labute approximate surface area is 237 Å². The molecule has 0 saturated heterocycles. The maximum absolute atomic E-state index is 13.8. The molecule has 0 unspecified atom stereocenters. The molecule has 9 nitrogen and oxygen atoms in total. The van der Waals surface area contributed by atoms with Crippen LogP contribution in [0.2, 0.25) is 0 Å². The van der Waals surface area contributed by atoms with Crippen molar-refractivity contribution in [3.8, 4) is 22.9 Å². The molecular formula is C32H28N6O3. The van der Waals surface area contributed by atoms with Crippen LogP contribution in [0, 0.1) is 0 Å². The number of fused-ring (bicyclic) bond motifs is 1. The van der Waals surface area contributed by atoms with Crippen LogP contribution >= 0.6 is 0 Å². The Hall–Kier alpha value is -5.44. The summed E-state index contributed by atoms with van der Waals surface area (Å²) in [7, 11) is 1.60. The van der Waals surface area contributed by atoms with Crippen molar-refractivity contribution in [3.63, 3.8) is 0 Å². The van der Waals surface area contributed by atoms with E-state index in [1.54, 1.807) is 30.1 Å². The van der Waals surface area contributed by atoms with Crippen LogP contribution in [0.15, 0.2) is 115 Å². The Bertz CT molecular complexity index is 1700. The van der Waals surface area contributed by atoms with Gasteiger partial charge >= 0.3 is 0 Å². The molecule has 1 amide bonds. The highest BCUT2D eigenvalue weighted by Gasteiger charge is 2.35. The third-order valence-corrected chi connectivity index (χ3v) is 6.78. The zero-order valence-corrected chi connectivity index (χ0v) is 22.6. The van der Waals surface area contributed by atoms with Crippen LogP contribution < -0.4 is 20.1 Å². The van der Waals surface area contributed by atoms with Crippen molar-refractivity contribution in [2.75, 3.05) is 17.7 Å². The summed E-state index contributed by atoms with van der Waals surface area (Å²) in [5.41, 5.74) is 3.84. The molecule has 9 heteroatoms. The minimum absolute atomic E-state index is 0.301. The maximum Gasteiger partial charge on any atom is 0.257 e. The summed E-state index contributed by atoms with van der Waals surface area (Å²) in [4.78, 5) is 22.8. The van der Waals surface area contributed by atoms with Gasteiger partial charge in [0, 0.05) is 17.5 Å². The number of pyridine rings is 1. The summed E-state index contributed by atoms with van der Waals surface area (Å²) >= 11 is 0. The molecule has 41 heavy (non-hydrogen) atoms. The Balaban J connectivity index is 1.40. The van der Waals surface area contributed by atoms with E-state index in [4.69, 9.17) is 19.6 Å². The van der Waals surface area contributed by atoms with Crippen molar-refractivity contribution in [1.29, 1.82) is 0 Å². The lowest BCUT2D eigenvalue weighted by Gasteiger charge is -2.29. The highest BCUT2D eigenvalue weighted by molar-refractivity contribution is 6.05. The molecule has 2 aromatic heterocycles. The number of allylic oxidation sites excluding steroid dienone is 1. The molecule has 0 radical (unpaired) electrons. The van der Waals surface area contributed by atoms with E-state index < -0.39 is 6.04 Å². The number of anilines is 2. The molecule has 1 atom stereocenters. The fourth-order valence-corrected chi connectivity index (χ4v) is 4.79. The minimum atomic E-state index is -0.600. The molecule has 5 aromatic rings. The number of carbonyl (C=O) groups excluding carboxylic acids is 1. The van der Waals surface area contributed by atoms with Crippen molar-refractivity contribution in [2.45, 2.75) is 19.6 Å². The minimum Gasteiger partial charge on any atom is -0.493 e. The number of nitrogens with zero attached hydrogens (tertiary/aromatic N) is 4. The summed E-state index contributed by atoms with van der Waals surface area (Å²) < 4.78 is 13.6. The Morgan fingerprint density at radius 1 is 0.951 bits per heavy atom. The van der Waals surface area contributed by atoms with Crippen LogP contribution in [0.4, 0.5) is 11.8 Å². The summed E-state index contributed by atoms with van der Waals surface area (Å²) in [6.45, 7) is 2.25. The average molecular weight is 545 g/mol. The predicted octanol–water partition coefficient (Wildman–Crippen LogP) is 5.86. The number of amides is 1. The fraction of sp³-hybridized carbons (Fsp3) is 0.125. The van der Waals surface area contributed by atoms with Gasteiger partial charge in [-0.2, -0.15) is 4.98 Å². The van der Waals surface area contributed by atoms with E-state index in [9.17, 15) is 4.79 Å². The van der Waals surface area contributed by atoms with Gasteiger partial charge in [-0.15, -0.1) is 5.10 Å². The largest absolute Gasteiger partial charge is 0.493 e. The van der Waals surface area contributed by atoms with Crippen LogP contribution in [-0.4, -0.2) is 32.8 Å². The zero-order valence-electron chi connectivity index (χ0n) is 22.6. The number of carbonyl (C=O) groups is 1. The lowest BCUT2D eigenvalue weighted by atomic mass is 9.94. The van der Waals surface area contributed by atoms with Gasteiger partial charge in [0.15, 0.2) is 17.3 Å². The van der Waals surface area contributed by atoms with Gasteiger partial charge in [-0.3, -0.25) is 4.79 Å². The first kappa shape index (κ1) is 25.8. The number of nitrogens with one attached hydrogen (secondary N) is 2. The second-order valence-corrected chi connectivity index (χ2v) is 9.49. The standard InChI is InChI=1S/C32H28N6O3/c1-21-28(31(39)35-27-15-9-10-18-33-27)29(38-32(34-21)36-30(37-38)23-13-7-4-8-14-23)24-16-17-25(26(19-24)40-2)41-20-22-11-5-3-6-12-22/h3-19,29H,20H2,1-2H3,(H,33,35,39)(H,34,36,37)/t29-/m0/s1. The molecule has 0 fully saturated rings. The topological polar surface area (TPSA) is 103 Å². The molecule has 3 aromatic carbocycles. The summed E-state index contributed by atoms with van der Waals surface area (Å²) in [5, 5.41) is 11.0. The lowest BCUT2D eigenvalue weighted by Crippen LogP contribution is -2.31. The van der Waals surface area contributed by atoms with E-state index in [1.807, 2.05) is 91.9 Å². The smallest absolute Gasteiger partial charge is 0.257 e. The molecule has 0 aliphatic carbocycles. The monoisotopic (exact) mass is 544 g/mol. The fourth-order valence-electron chi connectivity index (χ4n) is 4.79. The molecule has 2 N–H and O–H groups in total. The summed E-state index contributed by atoms with van der Waals surface area (Å²) in [5.74, 6) is 2.37. The molecule has 204 valence electrons. The van der Waals surface area contributed by atoms with E-state index in [0.29, 0.717) is 47.0 Å². The molecule has 0 spiro atoms. The first-order chi connectivity index (χ1) is 20.1. The lowest BCUT2D eigenvalue weighted by molar-refractivity contribution is -0.113. The van der Waals surface area contributed by atoms with Gasteiger partial charge in [-0.05, 0) is 42.3 Å². The van der Waals surface area contributed by atoms with Crippen molar-refractivity contribution >= 4 is 17.7 Å². The van der Waals surface area contributed by atoms with Crippen molar-refractivity contribution in [3.05, 3.63) is 126 Å². The predicted molar refractivity (Wildman–Crippen MR) is 157 cm³/mol. The second-order valence-electron chi connectivity index (χ2n) is 9.49. The number of hydrogen-bond acceptors (Lipinski definition) is 7. The molecule has 0 bridgehead atoms. The number of rotatable bonds is 8. The number of aromatic nitrogens is 4. The van der Waals surface area contributed by atoms with E-state index >= 15 is 0 Å². The van der Waals surface area contributed by atoms with Gasteiger partial charge in [-0.1, -0.05) is 72.8 Å². The van der Waals surface area contributed by atoms with Crippen molar-refractivity contribution < 1.29 is 14.3 Å². The molecule has 3 heterocycles. The van der Waals surface area contributed by atoms with Crippen LogP contribution in [-0.2, 0) is 11.4 Å². The van der Waals surface area contributed by atoms with Crippen molar-refractivity contribution in [1.82, 2.24) is 19.7 Å². The Kier molecular flexibility index (Phi) is 7.15. The van der Waals surface area contributed by atoms with Gasteiger partial charge in [0.1, 0.15) is 18.5 Å². The number of methoxy groups -OCH3 is 1. The van der Waals surface area contributed by atoms with E-state index in [0.717, 1.165) is 16.7 Å². The van der Waals surface area contributed by atoms with Gasteiger partial charge in [-0.25, -0.2) is 9.67 Å². The number of ether oxygens (including phenoxy) is 2. The van der Waals surface area contributed by atoms with Gasteiger partial charge in [0.05, 0.1) is 12.7 Å². The Morgan fingerprint density at radius 2 is 1.71 bits per heavy atom. The third-order valence-electron chi connectivity index (χ3n) is 6.78. The van der Waals surface area contributed by atoms with Crippen LogP contribution in [0.1, 0.15) is 24.1 Å². The van der Waals surface area contributed by atoms with E-state index in [1.165, 1.54) is 0 Å². The first-order valence-electron chi connectivity index (χ1n) is 13.2. The third kappa shape index (κ3) is 5.38. The molecule has 6 rings (SSSR count). The average Bonchev–Trinajstić information content (AvgIpc) is 3.44. The summed E-state index contributed by atoms with van der Waals surface area (Å²) in [6, 6.07) is 30.1. The SMILES string of the molecule is COc1cc([C@H]2C(C(=O)Nc3ccccn3)=C(C)Nc3nc(-c4ccccc4)nn32)ccc1OCc1ccccc1. The number of benzene rings is 3. The zero-order chi connectivity index (χ0) is 28.2. The maximum atomic E-state index is 13.8. The first-order valence-corrected chi connectivity index (χ1v) is 13.2. The summed E-state index contributed by atoms with van der Waals surface area (Å²) in [6.07, 6.45) is 1.63. The van der Waals surface area contributed by atoms with Gasteiger partial charge < -0.3 is 20.1 Å². The molecule has 1 aliphatic heterocycles. The quantitative estimate of drug-likeness (QED) is 0.252. The normalized spacial score (nSPS) is 14.1. The van der Waals surface area contributed by atoms with Gasteiger partial charge in [0.25, 0.3) is 5.91 Å². The van der Waals surface area contributed by atoms with Crippen LogP contribution in [0.25, 0.3) is 11.4 Å². The number of hydrogen-bond donors (Lipinski definition) is 2. The molecule has 0 saturated carbocycles. The molecule has 1 aliphatic rings. The second kappa shape index (κ2) is 11.4. The molecular weight excluding hydrogens is 516 g/mol. The Morgan fingerprint density at radius 3 is 2.44 bits per heavy atom. The van der Waals surface area contributed by atoms with Crippen molar-refractivity contribution in [2.24, 2.45) is 0 Å². The van der Waals surface area contributed by atoms with Gasteiger partial charge in [0.2, 0.25) is 5.95 Å². The van der Waals surface area contributed by atoms with E-state index in [-0.39, 0.29) is 5.91 Å². The van der Waals surface area contributed by atoms with E-state index in [2.05, 4.69) is 15.6 Å².